The summed E-state index contributed by atoms with van der Waals surface area (Å²) >= 11 is 1.47. The van der Waals surface area contributed by atoms with Crippen molar-refractivity contribution in [3.63, 3.8) is 0 Å². The Bertz CT molecular complexity index is 747. The minimum absolute atomic E-state index is 0.0273. The monoisotopic (exact) mass is 359 g/mol. The van der Waals surface area contributed by atoms with E-state index >= 15 is 0 Å². The van der Waals surface area contributed by atoms with Crippen molar-refractivity contribution >= 4 is 17.7 Å². The van der Waals surface area contributed by atoms with Crippen LogP contribution in [0.4, 0.5) is 0 Å². The topological polar surface area (TPSA) is 67.2 Å². The molecule has 134 valence electrons. The highest BCUT2D eigenvalue weighted by Crippen LogP contribution is 2.32. The molecule has 1 aliphatic carbocycles. The maximum atomic E-state index is 12.4. The van der Waals surface area contributed by atoms with Gasteiger partial charge >= 0.3 is 0 Å². The number of phenolic OH excluding ortho intramolecular Hbond substituents is 1. The van der Waals surface area contributed by atoms with E-state index in [0.717, 1.165) is 29.7 Å². The van der Waals surface area contributed by atoms with E-state index in [1.807, 2.05) is 18.3 Å². The van der Waals surface area contributed by atoms with Gasteiger partial charge in [-0.05, 0) is 64.3 Å². The molecule has 1 heterocycles. The quantitative estimate of drug-likeness (QED) is 0.818. The molecule has 0 unspecified atom stereocenters. The van der Waals surface area contributed by atoms with Crippen LogP contribution in [0.15, 0.2) is 35.4 Å². The Balaban J connectivity index is 1.63. The third-order valence-electron chi connectivity index (χ3n) is 4.36. The maximum Gasteiger partial charge on any atom is 0.230 e. The third-order valence-corrected chi connectivity index (χ3v) is 5.37. The molecule has 25 heavy (non-hydrogen) atoms. The zero-order chi connectivity index (χ0) is 18.0. The standard InChI is InChI=1S/C19H25N3O2S/c1-19(2,3)22-17-6-4-5-16(15(17)11-20-22)21-18(24)12-25-14-9-7-13(23)8-10-14/h7-11,16,23H,4-6,12H2,1-3H3,(H,21,24)/t16-/m0/s1. The second-order valence-electron chi connectivity index (χ2n) is 7.42. The van der Waals surface area contributed by atoms with Crippen LogP contribution < -0.4 is 5.32 Å². The first-order chi connectivity index (χ1) is 11.8. The number of nitrogens with zero attached hydrogens (tertiary/aromatic N) is 2. The number of hydrogen-bond acceptors (Lipinski definition) is 4. The fourth-order valence-electron chi connectivity index (χ4n) is 3.21. The Hall–Kier alpha value is -1.95. The number of aromatic hydroxyl groups is 1. The summed E-state index contributed by atoms with van der Waals surface area (Å²) in [5.74, 6) is 0.628. The zero-order valence-electron chi connectivity index (χ0n) is 15.0. The summed E-state index contributed by atoms with van der Waals surface area (Å²) < 4.78 is 2.09. The number of fused-ring (bicyclic) bond motifs is 1. The average molecular weight is 359 g/mol. The minimum Gasteiger partial charge on any atom is -0.508 e. The van der Waals surface area contributed by atoms with Gasteiger partial charge < -0.3 is 10.4 Å². The zero-order valence-corrected chi connectivity index (χ0v) is 15.8. The number of benzene rings is 1. The smallest absolute Gasteiger partial charge is 0.230 e. The SMILES string of the molecule is CC(C)(C)n1ncc2c1CCC[C@@H]2NC(=O)CSc1ccc(O)cc1. The normalized spacial score (nSPS) is 17.2. The number of carbonyl (C=O) groups is 1. The highest BCUT2D eigenvalue weighted by atomic mass is 32.2. The predicted octanol–water partition coefficient (Wildman–Crippen LogP) is 3.63. The van der Waals surface area contributed by atoms with Crippen LogP contribution in [0, 0.1) is 0 Å². The largest absolute Gasteiger partial charge is 0.508 e. The highest BCUT2D eigenvalue weighted by Gasteiger charge is 2.28. The summed E-state index contributed by atoms with van der Waals surface area (Å²) in [6, 6.07) is 6.95. The molecule has 1 aromatic heterocycles. The summed E-state index contributed by atoms with van der Waals surface area (Å²) in [7, 11) is 0. The number of rotatable bonds is 4. The molecule has 1 aromatic carbocycles. The van der Waals surface area contributed by atoms with Gasteiger partial charge in [-0.25, -0.2) is 0 Å². The summed E-state index contributed by atoms with van der Waals surface area (Å²) in [5, 5.41) is 17.0. The number of nitrogens with one attached hydrogen (secondary N) is 1. The van der Waals surface area contributed by atoms with Crippen LogP contribution in [0.3, 0.4) is 0 Å². The van der Waals surface area contributed by atoms with E-state index in [1.165, 1.54) is 17.5 Å². The summed E-state index contributed by atoms with van der Waals surface area (Å²) in [6.45, 7) is 6.45. The first kappa shape index (κ1) is 17.9. The van der Waals surface area contributed by atoms with E-state index < -0.39 is 0 Å². The average Bonchev–Trinajstić information content (AvgIpc) is 3.00. The van der Waals surface area contributed by atoms with Gasteiger partial charge in [-0.3, -0.25) is 9.48 Å². The second kappa shape index (κ2) is 7.12. The summed E-state index contributed by atoms with van der Waals surface area (Å²) in [5.41, 5.74) is 2.35. The van der Waals surface area contributed by atoms with Gasteiger partial charge in [-0.2, -0.15) is 5.10 Å². The van der Waals surface area contributed by atoms with E-state index in [2.05, 4.69) is 35.9 Å². The lowest BCUT2D eigenvalue weighted by Gasteiger charge is -2.28. The molecular formula is C19H25N3O2S. The third kappa shape index (κ3) is 4.18. The number of phenols is 1. The van der Waals surface area contributed by atoms with E-state index in [4.69, 9.17) is 0 Å². The Kier molecular flexibility index (Phi) is 5.08. The molecule has 1 aliphatic rings. The summed E-state index contributed by atoms with van der Waals surface area (Å²) in [4.78, 5) is 13.3. The van der Waals surface area contributed by atoms with Gasteiger partial charge in [0.25, 0.3) is 0 Å². The predicted molar refractivity (Wildman–Crippen MR) is 99.9 cm³/mol. The van der Waals surface area contributed by atoms with Crippen LogP contribution in [-0.2, 0) is 16.8 Å². The molecule has 1 atom stereocenters. The number of hydrogen-bond donors (Lipinski definition) is 2. The summed E-state index contributed by atoms with van der Waals surface area (Å²) in [6.07, 6.45) is 4.95. The van der Waals surface area contributed by atoms with Gasteiger partial charge in [0.15, 0.2) is 0 Å². The molecule has 0 radical (unpaired) electrons. The van der Waals surface area contributed by atoms with Crippen molar-refractivity contribution in [1.29, 1.82) is 0 Å². The number of amides is 1. The van der Waals surface area contributed by atoms with Crippen LogP contribution in [-0.4, -0.2) is 26.5 Å². The van der Waals surface area contributed by atoms with Crippen molar-refractivity contribution in [1.82, 2.24) is 15.1 Å². The molecule has 0 aliphatic heterocycles. The molecule has 3 rings (SSSR count). The lowest BCUT2D eigenvalue weighted by atomic mass is 9.92. The Morgan fingerprint density at radius 1 is 1.36 bits per heavy atom. The van der Waals surface area contributed by atoms with Crippen LogP contribution in [0.1, 0.15) is 50.9 Å². The molecule has 0 saturated heterocycles. The Morgan fingerprint density at radius 3 is 2.76 bits per heavy atom. The Morgan fingerprint density at radius 2 is 2.08 bits per heavy atom. The molecule has 1 amide bonds. The number of aromatic nitrogens is 2. The minimum atomic E-state index is -0.0474. The number of thioether (sulfide) groups is 1. The van der Waals surface area contributed by atoms with Crippen LogP contribution in [0.25, 0.3) is 0 Å². The van der Waals surface area contributed by atoms with E-state index in [1.54, 1.807) is 12.1 Å². The van der Waals surface area contributed by atoms with E-state index in [0.29, 0.717) is 5.75 Å². The molecule has 5 nitrogen and oxygen atoms in total. The van der Waals surface area contributed by atoms with Crippen molar-refractivity contribution < 1.29 is 9.90 Å². The van der Waals surface area contributed by atoms with Gasteiger partial charge in [-0.15, -0.1) is 11.8 Å². The molecule has 2 aromatic rings. The molecule has 0 spiro atoms. The van der Waals surface area contributed by atoms with Crippen molar-refractivity contribution in [2.45, 2.75) is 56.5 Å². The van der Waals surface area contributed by atoms with Crippen molar-refractivity contribution in [2.75, 3.05) is 5.75 Å². The van der Waals surface area contributed by atoms with Gasteiger partial charge in [0.05, 0.1) is 23.5 Å². The molecular weight excluding hydrogens is 334 g/mol. The van der Waals surface area contributed by atoms with Crippen molar-refractivity contribution in [3.8, 4) is 5.75 Å². The molecule has 6 heteroatoms. The van der Waals surface area contributed by atoms with Crippen LogP contribution >= 0.6 is 11.8 Å². The van der Waals surface area contributed by atoms with Gasteiger partial charge in [0, 0.05) is 16.2 Å². The maximum absolute atomic E-state index is 12.4. The molecule has 0 fully saturated rings. The molecule has 2 N–H and O–H groups in total. The lowest BCUT2D eigenvalue weighted by molar-refractivity contribution is -0.119. The van der Waals surface area contributed by atoms with Gasteiger partial charge in [0.1, 0.15) is 5.75 Å². The molecule has 0 saturated carbocycles. The van der Waals surface area contributed by atoms with Crippen LogP contribution in [0.2, 0.25) is 0 Å². The van der Waals surface area contributed by atoms with Gasteiger partial charge in [-0.1, -0.05) is 0 Å². The fourth-order valence-corrected chi connectivity index (χ4v) is 3.92. The van der Waals surface area contributed by atoms with Gasteiger partial charge in [0.2, 0.25) is 5.91 Å². The number of carbonyl (C=O) groups excluding carboxylic acids is 1. The van der Waals surface area contributed by atoms with Crippen molar-refractivity contribution in [3.05, 3.63) is 41.7 Å². The first-order valence-electron chi connectivity index (χ1n) is 8.63. The fraction of sp³-hybridized carbons (Fsp3) is 0.474. The molecule has 0 bridgehead atoms. The van der Waals surface area contributed by atoms with E-state index in [-0.39, 0.29) is 23.2 Å². The van der Waals surface area contributed by atoms with Crippen molar-refractivity contribution in [2.24, 2.45) is 0 Å². The highest BCUT2D eigenvalue weighted by molar-refractivity contribution is 8.00. The Labute approximate surface area is 152 Å². The lowest BCUT2D eigenvalue weighted by Crippen LogP contribution is -2.33. The van der Waals surface area contributed by atoms with E-state index in [9.17, 15) is 9.90 Å². The van der Waals surface area contributed by atoms with Crippen LogP contribution in [0.5, 0.6) is 5.75 Å². The second-order valence-corrected chi connectivity index (χ2v) is 8.47. The first-order valence-corrected chi connectivity index (χ1v) is 9.61.